The summed E-state index contributed by atoms with van der Waals surface area (Å²) >= 11 is 5.93. The molecule has 1 heterocycles. The fourth-order valence-electron chi connectivity index (χ4n) is 5.82. The molecule has 1 amide bonds. The van der Waals surface area contributed by atoms with Gasteiger partial charge >= 0.3 is 0 Å². The molecule has 0 unspecified atom stereocenters. The van der Waals surface area contributed by atoms with Crippen LogP contribution in [-0.4, -0.2) is 10.9 Å². The average molecular weight is 437 g/mol. The number of fused-ring (bicyclic) bond motifs is 2. The Morgan fingerprint density at radius 1 is 1.06 bits per heavy atom. The molecule has 0 radical (unpaired) electrons. The van der Waals surface area contributed by atoms with Crippen LogP contribution >= 0.6 is 11.6 Å². The van der Waals surface area contributed by atoms with Crippen molar-refractivity contribution in [1.82, 2.24) is 4.98 Å². The highest BCUT2D eigenvalue weighted by molar-refractivity contribution is 6.30. The monoisotopic (exact) mass is 436 g/mol. The van der Waals surface area contributed by atoms with Gasteiger partial charge in [-0.05, 0) is 103 Å². The van der Waals surface area contributed by atoms with Crippen molar-refractivity contribution in [2.75, 3.05) is 5.32 Å². The summed E-state index contributed by atoms with van der Waals surface area (Å²) in [5, 5.41) is 4.64. The van der Waals surface area contributed by atoms with Gasteiger partial charge in [0.05, 0.1) is 5.52 Å². The largest absolute Gasteiger partial charge is 0.326 e. The molecule has 2 aliphatic carbocycles. The molecule has 5 rings (SSSR count). The highest BCUT2D eigenvalue weighted by Crippen LogP contribution is 2.54. The normalized spacial score (nSPS) is 26.0. The highest BCUT2D eigenvalue weighted by Gasteiger charge is 2.44. The number of aromatic nitrogens is 1. The molecule has 3 nitrogen and oxygen atoms in total. The van der Waals surface area contributed by atoms with Gasteiger partial charge in [-0.25, -0.2) is 4.39 Å². The minimum Gasteiger partial charge on any atom is -0.326 e. The van der Waals surface area contributed by atoms with Gasteiger partial charge in [0.15, 0.2) is 0 Å². The van der Waals surface area contributed by atoms with E-state index in [0.717, 1.165) is 42.3 Å². The van der Waals surface area contributed by atoms with Crippen molar-refractivity contribution < 1.29 is 9.18 Å². The lowest BCUT2D eigenvalue weighted by Gasteiger charge is -2.21. The van der Waals surface area contributed by atoms with Crippen LogP contribution in [-0.2, 0) is 4.79 Å². The molecular formula is C26H26ClFN2O. The van der Waals surface area contributed by atoms with Gasteiger partial charge in [-0.1, -0.05) is 18.5 Å². The second-order valence-electron chi connectivity index (χ2n) is 9.27. The lowest BCUT2D eigenvalue weighted by atomic mass is 9.86. The van der Waals surface area contributed by atoms with Crippen LogP contribution in [0.5, 0.6) is 0 Å². The number of hydrogen-bond acceptors (Lipinski definition) is 2. The topological polar surface area (TPSA) is 42.0 Å². The molecule has 0 aliphatic heterocycles. The molecule has 3 aromatic rings. The van der Waals surface area contributed by atoms with E-state index in [1.165, 1.54) is 11.6 Å². The standard InChI is InChI=1S/C26H26ClFN2O/c1-15(26(31)30-22-5-2-20(27)3-6-22)16-10-17-12-19(13-18(17)11-16)23-8-9-29-25-7-4-21(28)14-24(23)25/h2-9,14-19H,10-13H2,1H3,(H,30,31)/t15-,16-,17+,18-,19-/m1/s1. The van der Waals surface area contributed by atoms with Gasteiger partial charge in [-0.3, -0.25) is 9.78 Å². The van der Waals surface area contributed by atoms with E-state index in [9.17, 15) is 9.18 Å². The summed E-state index contributed by atoms with van der Waals surface area (Å²) in [4.78, 5) is 17.2. The number of halogens is 2. The first kappa shape index (κ1) is 20.4. The van der Waals surface area contributed by atoms with Crippen molar-refractivity contribution in [3.8, 4) is 0 Å². The molecule has 5 heteroatoms. The first-order chi connectivity index (χ1) is 15.0. The number of amides is 1. The SMILES string of the molecule is C[C@@H](C(=O)Nc1ccc(Cl)cc1)[C@@H]1C[C@H]2C[C@@H](c3ccnc4ccc(F)cc34)C[C@H]2C1. The average Bonchev–Trinajstić information content (AvgIpc) is 3.33. The Labute approximate surface area is 187 Å². The van der Waals surface area contributed by atoms with Crippen molar-refractivity contribution in [2.24, 2.45) is 23.7 Å². The summed E-state index contributed by atoms with van der Waals surface area (Å²) in [6, 6.07) is 14.2. The predicted molar refractivity (Wildman–Crippen MR) is 123 cm³/mol. The lowest BCUT2D eigenvalue weighted by Crippen LogP contribution is -2.26. The third kappa shape index (κ3) is 4.06. The zero-order valence-corrected chi connectivity index (χ0v) is 18.3. The van der Waals surface area contributed by atoms with Gasteiger partial charge in [0.1, 0.15) is 5.82 Å². The third-order valence-corrected chi connectivity index (χ3v) is 7.71. The third-order valence-electron chi connectivity index (χ3n) is 7.46. The Morgan fingerprint density at radius 3 is 2.48 bits per heavy atom. The van der Waals surface area contributed by atoms with E-state index in [-0.39, 0.29) is 17.6 Å². The maximum atomic E-state index is 13.9. The van der Waals surface area contributed by atoms with Gasteiger partial charge in [0, 0.05) is 28.2 Å². The van der Waals surface area contributed by atoms with E-state index >= 15 is 0 Å². The van der Waals surface area contributed by atoms with Crippen LogP contribution in [0.2, 0.25) is 5.02 Å². The van der Waals surface area contributed by atoms with Crippen LogP contribution in [0.3, 0.4) is 0 Å². The molecule has 0 bridgehead atoms. The molecule has 160 valence electrons. The number of anilines is 1. The molecule has 2 fully saturated rings. The maximum absolute atomic E-state index is 13.9. The van der Waals surface area contributed by atoms with Crippen molar-refractivity contribution in [3.05, 3.63) is 71.1 Å². The highest BCUT2D eigenvalue weighted by atomic mass is 35.5. The molecule has 31 heavy (non-hydrogen) atoms. The molecule has 1 N–H and O–H groups in total. The van der Waals surface area contributed by atoms with Crippen LogP contribution in [0.25, 0.3) is 10.9 Å². The van der Waals surface area contributed by atoms with Gasteiger partial charge in [0.2, 0.25) is 5.91 Å². The van der Waals surface area contributed by atoms with Crippen LogP contribution in [0.15, 0.2) is 54.7 Å². The number of nitrogens with zero attached hydrogens (tertiary/aromatic N) is 1. The molecule has 0 saturated heterocycles. The van der Waals surface area contributed by atoms with E-state index < -0.39 is 0 Å². The number of carbonyl (C=O) groups excluding carboxylic acids is 1. The summed E-state index contributed by atoms with van der Waals surface area (Å²) in [6.45, 7) is 2.05. The number of rotatable bonds is 4. The van der Waals surface area contributed by atoms with E-state index in [1.54, 1.807) is 24.3 Å². The predicted octanol–water partition coefficient (Wildman–Crippen LogP) is 6.82. The van der Waals surface area contributed by atoms with E-state index in [0.29, 0.717) is 28.7 Å². The van der Waals surface area contributed by atoms with Gasteiger partial charge in [0.25, 0.3) is 0 Å². The number of carbonyl (C=O) groups is 1. The quantitative estimate of drug-likeness (QED) is 0.487. The Kier molecular flexibility index (Phi) is 5.43. The Balaban J connectivity index is 1.24. The Morgan fingerprint density at radius 2 is 1.77 bits per heavy atom. The zero-order valence-electron chi connectivity index (χ0n) is 17.5. The van der Waals surface area contributed by atoms with Crippen LogP contribution in [0, 0.1) is 29.5 Å². The number of benzene rings is 2. The minimum atomic E-state index is -0.208. The number of pyridine rings is 1. The summed E-state index contributed by atoms with van der Waals surface area (Å²) in [6.07, 6.45) is 6.25. The first-order valence-corrected chi connectivity index (χ1v) is 11.5. The molecule has 2 aliphatic rings. The van der Waals surface area contributed by atoms with Crippen LogP contribution in [0.4, 0.5) is 10.1 Å². The number of hydrogen-bond donors (Lipinski definition) is 1. The first-order valence-electron chi connectivity index (χ1n) is 11.1. The van der Waals surface area contributed by atoms with E-state index in [2.05, 4.69) is 16.4 Å². The summed E-state index contributed by atoms with van der Waals surface area (Å²) in [7, 11) is 0. The van der Waals surface area contributed by atoms with Gasteiger partial charge < -0.3 is 5.32 Å². The molecule has 1 aromatic heterocycles. The van der Waals surface area contributed by atoms with Crippen molar-refractivity contribution in [1.29, 1.82) is 0 Å². The fraction of sp³-hybridized carbons (Fsp3) is 0.385. The molecule has 0 spiro atoms. The summed E-state index contributed by atoms with van der Waals surface area (Å²) in [5.74, 6) is 1.99. The Hall–Kier alpha value is -2.46. The van der Waals surface area contributed by atoms with Crippen molar-refractivity contribution >= 4 is 34.1 Å². The fourth-order valence-corrected chi connectivity index (χ4v) is 5.95. The number of nitrogens with one attached hydrogen (secondary N) is 1. The van der Waals surface area contributed by atoms with Crippen molar-refractivity contribution in [2.45, 2.75) is 38.5 Å². The molecular weight excluding hydrogens is 411 g/mol. The second-order valence-corrected chi connectivity index (χ2v) is 9.70. The molecule has 5 atom stereocenters. The summed E-state index contributed by atoms with van der Waals surface area (Å²) in [5.41, 5.74) is 2.88. The smallest absolute Gasteiger partial charge is 0.227 e. The Bertz CT molecular complexity index is 1100. The minimum absolute atomic E-state index is 0.0180. The van der Waals surface area contributed by atoms with Crippen LogP contribution < -0.4 is 5.32 Å². The maximum Gasteiger partial charge on any atom is 0.227 e. The van der Waals surface area contributed by atoms with Gasteiger partial charge in [-0.2, -0.15) is 0 Å². The van der Waals surface area contributed by atoms with Gasteiger partial charge in [-0.15, -0.1) is 0 Å². The van der Waals surface area contributed by atoms with E-state index in [1.807, 2.05) is 25.3 Å². The lowest BCUT2D eigenvalue weighted by molar-refractivity contribution is -0.120. The van der Waals surface area contributed by atoms with Crippen LogP contribution in [0.1, 0.15) is 44.1 Å². The zero-order chi connectivity index (χ0) is 21.5. The molecule has 2 saturated carbocycles. The summed E-state index contributed by atoms with van der Waals surface area (Å²) < 4.78 is 13.9. The second kappa shape index (κ2) is 8.23. The van der Waals surface area contributed by atoms with E-state index in [4.69, 9.17) is 11.6 Å². The van der Waals surface area contributed by atoms with Crippen molar-refractivity contribution in [3.63, 3.8) is 0 Å². The molecule has 2 aromatic carbocycles.